The lowest BCUT2D eigenvalue weighted by molar-refractivity contribution is -0.134. The zero-order valence-electron chi connectivity index (χ0n) is 11.9. The third kappa shape index (κ3) is 3.87. The van der Waals surface area contributed by atoms with E-state index in [4.69, 9.17) is 10.5 Å². The van der Waals surface area contributed by atoms with Crippen LogP contribution in [0.2, 0.25) is 0 Å². The number of ether oxygens (including phenoxy) is 1. The van der Waals surface area contributed by atoms with Gasteiger partial charge >= 0.3 is 0 Å². The lowest BCUT2D eigenvalue weighted by Crippen LogP contribution is -2.42. The maximum Gasteiger partial charge on any atom is 0.260 e. The monoisotopic (exact) mass is 298 g/mol. The number of hydrogen-bond acceptors (Lipinski definition) is 3. The van der Waals surface area contributed by atoms with Crippen LogP contribution in [0.15, 0.2) is 24.3 Å². The van der Waals surface area contributed by atoms with Gasteiger partial charge < -0.3 is 15.4 Å². The van der Waals surface area contributed by atoms with E-state index in [2.05, 4.69) is 6.92 Å². The average Bonchev–Trinajstić information content (AvgIpc) is 2.93. The van der Waals surface area contributed by atoms with Crippen LogP contribution in [0, 0.1) is 0 Å². The van der Waals surface area contributed by atoms with Crippen LogP contribution in [0.4, 0.5) is 0 Å². The first-order valence-corrected chi connectivity index (χ1v) is 6.96. The van der Waals surface area contributed by atoms with E-state index >= 15 is 0 Å². The highest BCUT2D eigenvalue weighted by Crippen LogP contribution is 2.20. The number of para-hydroxylation sites is 1. The number of benzene rings is 1. The molecule has 112 valence electrons. The molecular formula is C15H23ClN2O2. The Kier molecular flexibility index (Phi) is 6.82. The van der Waals surface area contributed by atoms with Crippen molar-refractivity contribution in [2.45, 2.75) is 32.2 Å². The predicted octanol–water partition coefficient (Wildman–Crippen LogP) is 2.00. The lowest BCUT2D eigenvalue weighted by Gasteiger charge is -2.23. The van der Waals surface area contributed by atoms with Crippen LogP contribution in [0.1, 0.15) is 25.3 Å². The Morgan fingerprint density at radius 2 is 2.20 bits per heavy atom. The number of carbonyl (C=O) groups is 1. The summed E-state index contributed by atoms with van der Waals surface area (Å²) in [5, 5.41) is 0. The highest BCUT2D eigenvalue weighted by Gasteiger charge is 2.27. The summed E-state index contributed by atoms with van der Waals surface area (Å²) < 4.78 is 5.66. The summed E-state index contributed by atoms with van der Waals surface area (Å²) in [6.45, 7) is 3.53. The maximum atomic E-state index is 12.1. The molecule has 0 aromatic heterocycles. The van der Waals surface area contributed by atoms with Crippen LogP contribution < -0.4 is 10.5 Å². The minimum Gasteiger partial charge on any atom is -0.483 e. The van der Waals surface area contributed by atoms with E-state index in [1.54, 1.807) is 0 Å². The Hall–Kier alpha value is -1.26. The molecule has 0 bridgehead atoms. The molecule has 20 heavy (non-hydrogen) atoms. The van der Waals surface area contributed by atoms with Crippen LogP contribution in [-0.4, -0.2) is 36.5 Å². The van der Waals surface area contributed by atoms with Crippen molar-refractivity contribution in [2.75, 3.05) is 19.7 Å². The number of amides is 1. The van der Waals surface area contributed by atoms with Gasteiger partial charge in [0.1, 0.15) is 5.75 Å². The smallest absolute Gasteiger partial charge is 0.260 e. The molecule has 1 aliphatic heterocycles. The first-order valence-electron chi connectivity index (χ1n) is 6.96. The average molecular weight is 299 g/mol. The number of hydrogen-bond donors (Lipinski definition) is 1. The van der Waals surface area contributed by atoms with Gasteiger partial charge in [-0.2, -0.15) is 0 Å². The van der Waals surface area contributed by atoms with Crippen molar-refractivity contribution in [3.63, 3.8) is 0 Å². The van der Waals surface area contributed by atoms with Gasteiger partial charge in [-0.25, -0.2) is 0 Å². The number of halogens is 1. The summed E-state index contributed by atoms with van der Waals surface area (Å²) in [5.74, 6) is 0.848. The fourth-order valence-corrected chi connectivity index (χ4v) is 2.57. The van der Waals surface area contributed by atoms with E-state index in [1.165, 1.54) is 0 Å². The molecule has 0 radical (unpaired) electrons. The largest absolute Gasteiger partial charge is 0.483 e. The molecule has 4 nitrogen and oxygen atoms in total. The number of rotatable bonds is 5. The minimum absolute atomic E-state index is 0. The zero-order chi connectivity index (χ0) is 13.7. The van der Waals surface area contributed by atoms with Crippen LogP contribution in [0.25, 0.3) is 0 Å². The molecule has 1 saturated heterocycles. The summed E-state index contributed by atoms with van der Waals surface area (Å²) in [6.07, 6.45) is 2.95. The van der Waals surface area contributed by atoms with E-state index in [1.807, 2.05) is 29.2 Å². The standard InChI is InChI=1S/C15H22N2O2.ClH/c1-2-12-6-3-4-8-14(12)19-11-15(18)17-9-5-7-13(17)10-16;/h3-4,6,8,13H,2,5,7,9-11,16H2,1H3;1H. The second kappa shape index (κ2) is 8.12. The first-order chi connectivity index (χ1) is 9.26. The Balaban J connectivity index is 0.00000200. The third-order valence-electron chi connectivity index (χ3n) is 3.67. The van der Waals surface area contributed by atoms with Crippen LogP contribution >= 0.6 is 12.4 Å². The maximum absolute atomic E-state index is 12.1. The van der Waals surface area contributed by atoms with Gasteiger partial charge in [0.25, 0.3) is 5.91 Å². The van der Waals surface area contributed by atoms with Crippen molar-refractivity contribution in [3.8, 4) is 5.75 Å². The summed E-state index contributed by atoms with van der Waals surface area (Å²) in [4.78, 5) is 14.0. The highest BCUT2D eigenvalue weighted by atomic mass is 35.5. The summed E-state index contributed by atoms with van der Waals surface area (Å²) in [7, 11) is 0. The second-order valence-electron chi connectivity index (χ2n) is 4.87. The van der Waals surface area contributed by atoms with E-state index in [9.17, 15) is 4.79 Å². The molecule has 0 saturated carbocycles. The molecule has 0 aliphatic carbocycles. The Bertz CT molecular complexity index is 440. The fourth-order valence-electron chi connectivity index (χ4n) is 2.57. The van der Waals surface area contributed by atoms with Gasteiger partial charge in [0.15, 0.2) is 6.61 Å². The van der Waals surface area contributed by atoms with Crippen LogP contribution in [0.3, 0.4) is 0 Å². The van der Waals surface area contributed by atoms with Crippen molar-refractivity contribution in [1.82, 2.24) is 4.90 Å². The van der Waals surface area contributed by atoms with Gasteiger partial charge in [0.2, 0.25) is 0 Å². The molecule has 0 spiro atoms. The van der Waals surface area contributed by atoms with E-state index in [-0.39, 0.29) is 31.0 Å². The normalized spacial score (nSPS) is 17.7. The van der Waals surface area contributed by atoms with Gasteiger partial charge in [-0.05, 0) is 30.9 Å². The van der Waals surface area contributed by atoms with Gasteiger partial charge in [0, 0.05) is 19.1 Å². The fraction of sp³-hybridized carbons (Fsp3) is 0.533. The van der Waals surface area contributed by atoms with E-state index in [0.717, 1.165) is 37.1 Å². The third-order valence-corrected chi connectivity index (χ3v) is 3.67. The predicted molar refractivity (Wildman–Crippen MR) is 82.4 cm³/mol. The Morgan fingerprint density at radius 3 is 2.90 bits per heavy atom. The van der Waals surface area contributed by atoms with E-state index < -0.39 is 0 Å². The molecule has 2 N–H and O–H groups in total. The summed E-state index contributed by atoms with van der Waals surface area (Å²) in [6, 6.07) is 8.04. The number of likely N-dealkylation sites (tertiary alicyclic amines) is 1. The molecule has 1 aliphatic rings. The van der Waals surface area contributed by atoms with Crippen molar-refractivity contribution >= 4 is 18.3 Å². The Labute approximate surface area is 126 Å². The van der Waals surface area contributed by atoms with Crippen molar-refractivity contribution < 1.29 is 9.53 Å². The minimum atomic E-state index is 0. The summed E-state index contributed by atoms with van der Waals surface area (Å²) in [5.41, 5.74) is 6.81. The van der Waals surface area contributed by atoms with Gasteiger partial charge in [0.05, 0.1) is 0 Å². The molecule has 1 aromatic carbocycles. The molecule has 5 heteroatoms. The Morgan fingerprint density at radius 1 is 1.45 bits per heavy atom. The highest BCUT2D eigenvalue weighted by molar-refractivity contribution is 5.85. The molecule has 1 unspecified atom stereocenters. The molecule has 1 atom stereocenters. The molecule has 1 fully saturated rings. The van der Waals surface area contributed by atoms with Crippen molar-refractivity contribution in [3.05, 3.63) is 29.8 Å². The van der Waals surface area contributed by atoms with Gasteiger partial charge in [-0.1, -0.05) is 25.1 Å². The SMILES string of the molecule is CCc1ccccc1OCC(=O)N1CCCC1CN.Cl. The molecule has 1 amide bonds. The van der Waals surface area contributed by atoms with Crippen LogP contribution in [-0.2, 0) is 11.2 Å². The molecule has 1 aromatic rings. The van der Waals surface area contributed by atoms with Crippen molar-refractivity contribution in [2.24, 2.45) is 5.73 Å². The molecule has 2 rings (SSSR count). The number of carbonyl (C=O) groups excluding carboxylic acids is 1. The van der Waals surface area contributed by atoms with E-state index in [0.29, 0.717) is 6.54 Å². The zero-order valence-corrected chi connectivity index (χ0v) is 12.7. The van der Waals surface area contributed by atoms with Crippen LogP contribution in [0.5, 0.6) is 5.75 Å². The number of nitrogens with two attached hydrogens (primary N) is 1. The van der Waals surface area contributed by atoms with Gasteiger partial charge in [-0.15, -0.1) is 12.4 Å². The number of aryl methyl sites for hydroxylation is 1. The van der Waals surface area contributed by atoms with Gasteiger partial charge in [-0.3, -0.25) is 4.79 Å². The molecule has 1 heterocycles. The first kappa shape index (κ1) is 16.8. The second-order valence-corrected chi connectivity index (χ2v) is 4.87. The summed E-state index contributed by atoms with van der Waals surface area (Å²) >= 11 is 0. The number of nitrogens with zero attached hydrogens (tertiary/aromatic N) is 1. The van der Waals surface area contributed by atoms with Crippen molar-refractivity contribution in [1.29, 1.82) is 0 Å². The topological polar surface area (TPSA) is 55.6 Å². The molecular weight excluding hydrogens is 276 g/mol. The quantitative estimate of drug-likeness (QED) is 0.904. The lowest BCUT2D eigenvalue weighted by atomic mass is 10.1.